The van der Waals surface area contributed by atoms with Crippen molar-refractivity contribution >= 4 is 29.1 Å². The molecule has 2 amide bonds. The average Bonchev–Trinajstić information content (AvgIpc) is 2.57. The van der Waals surface area contributed by atoms with Crippen molar-refractivity contribution in [2.75, 3.05) is 25.0 Å². The van der Waals surface area contributed by atoms with E-state index in [1.54, 1.807) is 19.1 Å². The van der Waals surface area contributed by atoms with E-state index in [1.165, 1.54) is 0 Å². The fraction of sp³-hybridized carbons (Fsp3) is 0.529. The Bertz CT molecular complexity index is 701. The van der Waals surface area contributed by atoms with Gasteiger partial charge in [-0.1, -0.05) is 11.6 Å². The standard InChI is InChI=1S/C17H20ClN3O3/c1-9-16(22)19-13-7-11(18)6-12(15(13)24-9)17(23)20-14-8-21-4-2-10(14)3-5-21/h6-7,9-10,14H,2-5,8H2,1H3,(H,19,22)(H,20,23). The number of nitrogens with one attached hydrogen (secondary N) is 2. The fourth-order valence-corrected chi connectivity index (χ4v) is 4.04. The number of nitrogens with zero attached hydrogens (tertiary/aromatic N) is 1. The van der Waals surface area contributed by atoms with Crippen LogP contribution >= 0.6 is 11.6 Å². The van der Waals surface area contributed by atoms with Gasteiger partial charge in [-0.25, -0.2) is 0 Å². The van der Waals surface area contributed by atoms with E-state index in [-0.39, 0.29) is 17.9 Å². The quantitative estimate of drug-likeness (QED) is 0.855. The molecule has 0 saturated carbocycles. The number of anilines is 1. The Morgan fingerprint density at radius 3 is 2.79 bits per heavy atom. The summed E-state index contributed by atoms with van der Waals surface area (Å²) in [6, 6.07) is 3.36. The maximum Gasteiger partial charge on any atom is 0.265 e. The minimum atomic E-state index is -0.637. The van der Waals surface area contributed by atoms with E-state index < -0.39 is 6.10 Å². The first-order valence-electron chi connectivity index (χ1n) is 8.35. The zero-order chi connectivity index (χ0) is 16.8. The molecule has 1 aromatic rings. The van der Waals surface area contributed by atoms with Gasteiger partial charge in [-0.3, -0.25) is 9.59 Å². The third kappa shape index (κ3) is 2.74. The van der Waals surface area contributed by atoms with Crippen LogP contribution in [0.2, 0.25) is 5.02 Å². The maximum absolute atomic E-state index is 12.8. The zero-order valence-corrected chi connectivity index (χ0v) is 14.2. The van der Waals surface area contributed by atoms with Crippen molar-refractivity contribution in [2.24, 2.45) is 5.92 Å². The lowest BCUT2D eigenvalue weighted by atomic mass is 9.84. The molecule has 4 heterocycles. The molecule has 5 rings (SSSR count). The molecule has 7 heteroatoms. The molecule has 0 spiro atoms. The average molecular weight is 350 g/mol. The number of hydrogen-bond donors (Lipinski definition) is 2. The van der Waals surface area contributed by atoms with Crippen LogP contribution in [-0.2, 0) is 4.79 Å². The molecule has 0 aliphatic carbocycles. The Kier molecular flexibility index (Phi) is 3.89. The second-order valence-electron chi connectivity index (χ2n) is 6.80. The van der Waals surface area contributed by atoms with Crippen LogP contribution < -0.4 is 15.4 Å². The summed E-state index contributed by atoms with van der Waals surface area (Å²) >= 11 is 6.12. The smallest absolute Gasteiger partial charge is 0.265 e. The number of halogens is 1. The Balaban J connectivity index is 1.59. The number of hydrogen-bond acceptors (Lipinski definition) is 4. The third-order valence-corrected chi connectivity index (χ3v) is 5.41. The van der Waals surface area contributed by atoms with Crippen molar-refractivity contribution < 1.29 is 14.3 Å². The number of amides is 2. The summed E-state index contributed by atoms with van der Waals surface area (Å²) in [5.74, 6) is 0.489. The van der Waals surface area contributed by atoms with E-state index in [4.69, 9.17) is 16.3 Å². The number of ether oxygens (including phenoxy) is 1. The molecule has 1 aromatic carbocycles. The molecule has 4 aliphatic heterocycles. The largest absolute Gasteiger partial charge is 0.478 e. The summed E-state index contributed by atoms with van der Waals surface area (Å²) in [4.78, 5) is 27.0. The van der Waals surface area contributed by atoms with Gasteiger partial charge in [0.15, 0.2) is 11.9 Å². The highest BCUT2D eigenvalue weighted by molar-refractivity contribution is 6.31. The summed E-state index contributed by atoms with van der Waals surface area (Å²) in [5, 5.41) is 6.27. The van der Waals surface area contributed by atoms with Gasteiger partial charge in [0.25, 0.3) is 11.8 Å². The van der Waals surface area contributed by atoms with Crippen LogP contribution in [-0.4, -0.2) is 48.5 Å². The normalized spacial score (nSPS) is 31.0. The van der Waals surface area contributed by atoms with Crippen molar-refractivity contribution in [3.8, 4) is 5.75 Å². The lowest BCUT2D eigenvalue weighted by Gasteiger charge is -2.45. The first-order chi connectivity index (χ1) is 11.5. The molecule has 2 unspecified atom stereocenters. The minimum absolute atomic E-state index is 0.158. The second kappa shape index (κ2) is 5.93. The monoisotopic (exact) mass is 349 g/mol. The van der Waals surface area contributed by atoms with Gasteiger partial charge >= 0.3 is 0 Å². The van der Waals surface area contributed by atoms with Gasteiger partial charge < -0.3 is 20.3 Å². The van der Waals surface area contributed by atoms with Crippen LogP contribution in [0.5, 0.6) is 5.75 Å². The highest BCUT2D eigenvalue weighted by Crippen LogP contribution is 2.37. The molecule has 6 nitrogen and oxygen atoms in total. The van der Waals surface area contributed by atoms with E-state index >= 15 is 0 Å². The summed E-state index contributed by atoms with van der Waals surface area (Å²) in [7, 11) is 0. The minimum Gasteiger partial charge on any atom is -0.478 e. The summed E-state index contributed by atoms with van der Waals surface area (Å²) in [6.45, 7) is 4.79. The lowest BCUT2D eigenvalue weighted by Crippen LogP contribution is -2.57. The van der Waals surface area contributed by atoms with Crippen LogP contribution in [0.15, 0.2) is 12.1 Å². The number of fused-ring (bicyclic) bond motifs is 4. The number of benzene rings is 1. The highest BCUT2D eigenvalue weighted by Gasteiger charge is 2.36. The molecular formula is C17H20ClN3O3. The molecular weight excluding hydrogens is 330 g/mol. The van der Waals surface area contributed by atoms with E-state index in [2.05, 4.69) is 15.5 Å². The lowest BCUT2D eigenvalue weighted by molar-refractivity contribution is -0.122. The zero-order valence-electron chi connectivity index (χ0n) is 13.5. The molecule has 0 radical (unpaired) electrons. The molecule has 4 aliphatic rings. The molecule has 0 aromatic heterocycles. The number of rotatable bonds is 2. The van der Waals surface area contributed by atoms with Crippen LogP contribution in [0.4, 0.5) is 5.69 Å². The van der Waals surface area contributed by atoms with E-state index in [0.29, 0.717) is 27.9 Å². The number of carbonyl (C=O) groups is 2. The SMILES string of the molecule is CC1Oc2c(cc(Cl)cc2C(=O)NC2CN3CCC2CC3)NC1=O. The van der Waals surface area contributed by atoms with E-state index in [0.717, 1.165) is 32.5 Å². The van der Waals surface area contributed by atoms with Gasteiger partial charge in [-0.15, -0.1) is 0 Å². The topological polar surface area (TPSA) is 70.7 Å². The first-order valence-corrected chi connectivity index (χ1v) is 8.73. The Morgan fingerprint density at radius 1 is 1.38 bits per heavy atom. The molecule has 24 heavy (non-hydrogen) atoms. The number of piperidine rings is 3. The van der Waals surface area contributed by atoms with Gasteiger partial charge in [0.1, 0.15) is 0 Å². The van der Waals surface area contributed by atoms with Gasteiger partial charge in [-0.05, 0) is 50.9 Å². The second-order valence-corrected chi connectivity index (χ2v) is 7.23. The molecule has 2 bridgehead atoms. The summed E-state index contributed by atoms with van der Waals surface area (Å²) in [6.07, 6.45) is 1.62. The van der Waals surface area contributed by atoms with Crippen LogP contribution in [0, 0.1) is 5.92 Å². The summed E-state index contributed by atoms with van der Waals surface area (Å²) < 4.78 is 5.66. The van der Waals surface area contributed by atoms with Crippen LogP contribution in [0.1, 0.15) is 30.1 Å². The molecule has 3 fully saturated rings. The van der Waals surface area contributed by atoms with Gasteiger partial charge in [0.2, 0.25) is 0 Å². The van der Waals surface area contributed by atoms with Crippen molar-refractivity contribution in [1.29, 1.82) is 0 Å². The van der Waals surface area contributed by atoms with Gasteiger partial charge in [0.05, 0.1) is 11.3 Å². The van der Waals surface area contributed by atoms with Gasteiger partial charge in [0, 0.05) is 17.6 Å². The Labute approximate surface area is 145 Å². The predicted octanol–water partition coefficient (Wildman–Crippen LogP) is 1.88. The highest BCUT2D eigenvalue weighted by atomic mass is 35.5. The first kappa shape index (κ1) is 15.7. The van der Waals surface area contributed by atoms with Crippen molar-refractivity contribution in [3.63, 3.8) is 0 Å². The van der Waals surface area contributed by atoms with E-state index in [9.17, 15) is 9.59 Å². The van der Waals surface area contributed by atoms with Crippen molar-refractivity contribution in [2.45, 2.75) is 31.9 Å². The van der Waals surface area contributed by atoms with Crippen molar-refractivity contribution in [3.05, 3.63) is 22.7 Å². The van der Waals surface area contributed by atoms with E-state index in [1.807, 2.05) is 0 Å². The van der Waals surface area contributed by atoms with Crippen LogP contribution in [0.3, 0.4) is 0 Å². The van der Waals surface area contributed by atoms with Crippen molar-refractivity contribution in [1.82, 2.24) is 10.2 Å². The summed E-state index contributed by atoms with van der Waals surface area (Å²) in [5.41, 5.74) is 0.825. The maximum atomic E-state index is 12.8. The Hall–Kier alpha value is -1.79. The molecule has 2 atom stereocenters. The molecule has 3 saturated heterocycles. The van der Waals surface area contributed by atoms with Crippen LogP contribution in [0.25, 0.3) is 0 Å². The predicted molar refractivity (Wildman–Crippen MR) is 90.6 cm³/mol. The Morgan fingerprint density at radius 2 is 2.12 bits per heavy atom. The number of carbonyl (C=O) groups excluding carboxylic acids is 2. The fourth-order valence-electron chi connectivity index (χ4n) is 3.82. The third-order valence-electron chi connectivity index (χ3n) is 5.19. The van der Waals surface area contributed by atoms with Gasteiger partial charge in [-0.2, -0.15) is 0 Å². The molecule has 2 N–H and O–H groups in total. The molecule has 128 valence electrons.